The molecule has 2 aromatic carbocycles. The fraction of sp³-hybridized carbons (Fsp3) is 0. The first kappa shape index (κ1) is 16.5. The molecular weight excluding hydrogens is 349 g/mol. The molecule has 0 unspecified atom stereocenters. The monoisotopic (exact) mass is 363 g/mol. The maximum Gasteiger partial charge on any atom is 0.290 e. The predicted molar refractivity (Wildman–Crippen MR) is 99.6 cm³/mol. The Morgan fingerprint density at radius 3 is 2.52 bits per heavy atom. The van der Waals surface area contributed by atoms with Crippen molar-refractivity contribution in [3.8, 4) is 0 Å². The van der Waals surface area contributed by atoms with Crippen LogP contribution in [0.15, 0.2) is 54.6 Å². The number of halogens is 1. The molecule has 134 valence electrons. The van der Waals surface area contributed by atoms with Crippen molar-refractivity contribution in [2.45, 2.75) is 0 Å². The van der Waals surface area contributed by atoms with Crippen LogP contribution >= 0.6 is 0 Å². The van der Waals surface area contributed by atoms with Crippen LogP contribution in [0.25, 0.3) is 21.8 Å². The van der Waals surface area contributed by atoms with Gasteiger partial charge in [0.05, 0.1) is 11.2 Å². The van der Waals surface area contributed by atoms with E-state index in [1.807, 2.05) is 24.3 Å². The van der Waals surface area contributed by atoms with Crippen LogP contribution in [0.2, 0.25) is 0 Å². The molecule has 0 saturated carbocycles. The molecule has 0 aliphatic carbocycles. The molecule has 0 fully saturated rings. The van der Waals surface area contributed by atoms with Crippen molar-refractivity contribution in [2.24, 2.45) is 5.73 Å². The largest absolute Gasteiger partial charge is 0.364 e. The molecule has 4 rings (SSSR count). The third kappa shape index (κ3) is 3.04. The summed E-state index contributed by atoms with van der Waals surface area (Å²) < 4.78 is 13.0. The van der Waals surface area contributed by atoms with Gasteiger partial charge < -0.3 is 10.7 Å². The summed E-state index contributed by atoms with van der Waals surface area (Å²) in [5.41, 5.74) is 12.3. The fourth-order valence-corrected chi connectivity index (χ4v) is 2.86. The molecule has 0 atom stereocenters. The Morgan fingerprint density at radius 1 is 1.04 bits per heavy atom. The van der Waals surface area contributed by atoms with Gasteiger partial charge in [-0.25, -0.2) is 9.37 Å². The lowest BCUT2D eigenvalue weighted by atomic mass is 10.1. The van der Waals surface area contributed by atoms with Crippen LogP contribution in [0.5, 0.6) is 0 Å². The van der Waals surface area contributed by atoms with E-state index in [1.165, 1.54) is 24.3 Å². The van der Waals surface area contributed by atoms with E-state index in [-0.39, 0.29) is 17.2 Å². The van der Waals surface area contributed by atoms with Gasteiger partial charge in [-0.2, -0.15) is 0 Å². The van der Waals surface area contributed by atoms with E-state index < -0.39 is 11.8 Å². The SMILES string of the molecule is NC(=O)c1cc2c([nH]c3ccccc32)c(C(=O)NNc2ccc(F)cc2)n1. The molecule has 2 aromatic heterocycles. The number of primary amides is 1. The zero-order chi connectivity index (χ0) is 19.0. The lowest BCUT2D eigenvalue weighted by molar-refractivity contribution is 0.0959. The minimum absolute atomic E-state index is 0.0146. The van der Waals surface area contributed by atoms with Crippen LogP contribution in [0, 0.1) is 5.82 Å². The van der Waals surface area contributed by atoms with Crippen molar-refractivity contribution in [2.75, 3.05) is 5.43 Å². The Kier molecular flexibility index (Phi) is 3.92. The van der Waals surface area contributed by atoms with E-state index in [1.54, 1.807) is 6.07 Å². The van der Waals surface area contributed by atoms with Crippen LogP contribution in [0.1, 0.15) is 21.0 Å². The van der Waals surface area contributed by atoms with Crippen molar-refractivity contribution in [3.63, 3.8) is 0 Å². The second-order valence-electron chi connectivity index (χ2n) is 5.90. The van der Waals surface area contributed by atoms with E-state index in [9.17, 15) is 14.0 Å². The Bertz CT molecular complexity index is 1180. The average Bonchev–Trinajstić information content (AvgIpc) is 3.05. The molecule has 5 N–H and O–H groups in total. The molecule has 7 nitrogen and oxygen atoms in total. The number of hydrazine groups is 1. The summed E-state index contributed by atoms with van der Waals surface area (Å²) in [5, 5.41) is 1.51. The van der Waals surface area contributed by atoms with Crippen molar-refractivity contribution >= 4 is 39.3 Å². The van der Waals surface area contributed by atoms with E-state index in [0.29, 0.717) is 16.6 Å². The summed E-state index contributed by atoms with van der Waals surface area (Å²) in [4.78, 5) is 31.6. The highest BCUT2D eigenvalue weighted by atomic mass is 19.1. The van der Waals surface area contributed by atoms with E-state index in [2.05, 4.69) is 20.8 Å². The lowest BCUT2D eigenvalue weighted by Gasteiger charge is -2.09. The number of nitrogens with zero attached hydrogens (tertiary/aromatic N) is 1. The van der Waals surface area contributed by atoms with Crippen LogP contribution in [-0.2, 0) is 0 Å². The molecule has 2 amide bonds. The minimum atomic E-state index is -0.734. The number of anilines is 1. The lowest BCUT2D eigenvalue weighted by Crippen LogP contribution is -2.31. The first-order valence-electron chi connectivity index (χ1n) is 8.06. The predicted octanol–water partition coefficient (Wildman–Crippen LogP) is 2.71. The number of benzene rings is 2. The summed E-state index contributed by atoms with van der Waals surface area (Å²) in [6.07, 6.45) is 0. The van der Waals surface area contributed by atoms with Gasteiger partial charge in [0.15, 0.2) is 5.69 Å². The molecule has 0 aliphatic rings. The molecule has 0 aliphatic heterocycles. The van der Waals surface area contributed by atoms with Gasteiger partial charge in [-0.15, -0.1) is 0 Å². The Hall–Kier alpha value is -3.94. The van der Waals surface area contributed by atoms with Crippen LogP contribution in [0.3, 0.4) is 0 Å². The summed E-state index contributed by atoms with van der Waals surface area (Å²) in [6, 6.07) is 14.5. The van der Waals surface area contributed by atoms with Gasteiger partial charge in [0.1, 0.15) is 11.5 Å². The van der Waals surface area contributed by atoms with Crippen molar-refractivity contribution < 1.29 is 14.0 Å². The van der Waals surface area contributed by atoms with Crippen LogP contribution in [0.4, 0.5) is 10.1 Å². The van der Waals surface area contributed by atoms with Crippen molar-refractivity contribution in [1.82, 2.24) is 15.4 Å². The molecular formula is C19H14FN5O2. The average molecular weight is 363 g/mol. The number of nitrogens with one attached hydrogen (secondary N) is 3. The van der Waals surface area contributed by atoms with Crippen molar-refractivity contribution in [3.05, 3.63) is 71.8 Å². The number of carbonyl (C=O) groups excluding carboxylic acids is 2. The van der Waals surface area contributed by atoms with E-state index in [0.717, 1.165) is 10.9 Å². The van der Waals surface area contributed by atoms with Gasteiger partial charge >= 0.3 is 0 Å². The smallest absolute Gasteiger partial charge is 0.290 e. The summed E-state index contributed by atoms with van der Waals surface area (Å²) in [6.45, 7) is 0. The summed E-state index contributed by atoms with van der Waals surface area (Å²) in [5.74, 6) is -1.69. The number of fused-ring (bicyclic) bond motifs is 3. The highest BCUT2D eigenvalue weighted by Crippen LogP contribution is 2.27. The number of H-pyrrole nitrogens is 1. The number of hydrogen-bond acceptors (Lipinski definition) is 4. The third-order valence-electron chi connectivity index (χ3n) is 4.13. The van der Waals surface area contributed by atoms with Crippen molar-refractivity contribution in [1.29, 1.82) is 0 Å². The molecule has 0 bridgehead atoms. The molecule has 0 saturated heterocycles. The molecule has 2 heterocycles. The molecule has 27 heavy (non-hydrogen) atoms. The van der Waals surface area contributed by atoms with Crippen LogP contribution in [-0.4, -0.2) is 21.8 Å². The number of pyridine rings is 1. The van der Waals surface area contributed by atoms with Gasteiger partial charge in [0, 0.05) is 16.3 Å². The quantitative estimate of drug-likeness (QED) is 0.418. The first-order valence-corrected chi connectivity index (χ1v) is 8.06. The number of aromatic nitrogens is 2. The molecule has 0 spiro atoms. The van der Waals surface area contributed by atoms with Gasteiger partial charge in [-0.3, -0.25) is 20.4 Å². The first-order chi connectivity index (χ1) is 13.0. The Labute approximate surface area is 152 Å². The maximum atomic E-state index is 13.0. The fourth-order valence-electron chi connectivity index (χ4n) is 2.86. The topological polar surface area (TPSA) is 113 Å². The summed E-state index contributed by atoms with van der Waals surface area (Å²) >= 11 is 0. The Balaban J connectivity index is 1.75. The number of hydrogen-bond donors (Lipinski definition) is 4. The number of amides is 2. The normalized spacial score (nSPS) is 10.9. The highest BCUT2D eigenvalue weighted by Gasteiger charge is 2.19. The molecule has 8 heteroatoms. The molecule has 0 radical (unpaired) electrons. The Morgan fingerprint density at radius 2 is 1.78 bits per heavy atom. The van der Waals surface area contributed by atoms with Gasteiger partial charge in [0.25, 0.3) is 11.8 Å². The number of aromatic amines is 1. The van der Waals surface area contributed by atoms with E-state index >= 15 is 0 Å². The third-order valence-corrected chi connectivity index (χ3v) is 4.13. The van der Waals surface area contributed by atoms with Gasteiger partial charge in [-0.1, -0.05) is 18.2 Å². The van der Waals surface area contributed by atoms with E-state index in [4.69, 9.17) is 5.73 Å². The summed E-state index contributed by atoms with van der Waals surface area (Å²) in [7, 11) is 0. The molecule has 4 aromatic rings. The number of nitrogens with two attached hydrogens (primary N) is 1. The van der Waals surface area contributed by atoms with Gasteiger partial charge in [-0.05, 0) is 36.4 Å². The maximum absolute atomic E-state index is 13.0. The zero-order valence-corrected chi connectivity index (χ0v) is 13.9. The second kappa shape index (κ2) is 6.41. The number of para-hydroxylation sites is 1. The second-order valence-corrected chi connectivity index (χ2v) is 5.90. The highest BCUT2D eigenvalue weighted by molar-refractivity contribution is 6.15. The standard InChI is InChI=1S/C19H14FN5O2/c20-10-5-7-11(8-6-10)24-25-19(27)17-16-13(9-15(23-17)18(21)26)12-3-1-2-4-14(12)22-16/h1-9,22,24H,(H2,21,26)(H,25,27). The van der Waals surface area contributed by atoms with Crippen LogP contribution < -0.4 is 16.6 Å². The number of carbonyl (C=O) groups is 2. The number of rotatable bonds is 4. The zero-order valence-electron chi connectivity index (χ0n) is 13.9. The minimum Gasteiger partial charge on any atom is -0.364 e. The van der Waals surface area contributed by atoms with Gasteiger partial charge in [0.2, 0.25) is 0 Å².